The number of amides is 2. The number of carbonyl (C=O) groups is 4. The third kappa shape index (κ3) is 5.59. The van der Waals surface area contributed by atoms with Crippen LogP contribution < -0.4 is 5.73 Å². The first kappa shape index (κ1) is 20.4. The number of benzene rings is 1. The van der Waals surface area contributed by atoms with Gasteiger partial charge in [0.25, 0.3) is 5.91 Å². The summed E-state index contributed by atoms with van der Waals surface area (Å²) in [5, 5.41) is 0. The number of hydrogen-bond acceptors (Lipinski definition) is 6. The Morgan fingerprint density at radius 3 is 2.22 bits per heavy atom. The molecule has 0 aliphatic heterocycles. The van der Waals surface area contributed by atoms with Crippen molar-refractivity contribution in [2.75, 3.05) is 13.7 Å². The highest BCUT2D eigenvalue weighted by Crippen LogP contribution is 2.06. The van der Waals surface area contributed by atoms with E-state index in [4.69, 9.17) is 5.73 Å². The van der Waals surface area contributed by atoms with Gasteiger partial charge in [-0.15, -0.1) is 12.4 Å². The largest absolute Gasteiger partial charge is 0.464 e. The lowest BCUT2D eigenvalue weighted by Gasteiger charge is -2.22. The molecule has 1 unspecified atom stereocenters. The first-order chi connectivity index (χ1) is 10.4. The third-order valence-corrected chi connectivity index (χ3v) is 2.64. The molecular weight excluding hydrogens is 328 g/mol. The van der Waals surface area contributed by atoms with E-state index in [0.29, 0.717) is 4.90 Å². The van der Waals surface area contributed by atoms with E-state index in [9.17, 15) is 19.2 Å². The van der Waals surface area contributed by atoms with Crippen LogP contribution in [0.25, 0.3) is 0 Å². The number of esters is 2. The number of carbonyl (C=O) groups excluding carboxylic acids is 4. The molecule has 0 heterocycles. The van der Waals surface area contributed by atoms with Crippen molar-refractivity contribution in [2.45, 2.75) is 13.0 Å². The fraction of sp³-hybridized carbons (Fsp3) is 0.286. The summed E-state index contributed by atoms with van der Waals surface area (Å²) < 4.78 is 9.24. The summed E-state index contributed by atoms with van der Waals surface area (Å²) in [6.45, 7) is 1.54. The number of rotatable bonds is 5. The summed E-state index contributed by atoms with van der Waals surface area (Å²) >= 11 is 0. The maximum atomic E-state index is 11.8. The predicted octanol–water partition coefficient (Wildman–Crippen LogP) is 0.734. The van der Waals surface area contributed by atoms with E-state index in [0.717, 1.165) is 7.05 Å². The summed E-state index contributed by atoms with van der Waals surface area (Å²) in [5.74, 6) is -3.00. The molecule has 0 fully saturated rings. The maximum absolute atomic E-state index is 11.8. The molecule has 0 saturated heterocycles. The summed E-state index contributed by atoms with van der Waals surface area (Å²) in [5.41, 5.74) is 5.22. The Kier molecular flexibility index (Phi) is 8.35. The molecule has 1 aromatic carbocycles. The zero-order valence-corrected chi connectivity index (χ0v) is 13.4. The molecule has 8 nitrogen and oxygen atoms in total. The average molecular weight is 345 g/mol. The van der Waals surface area contributed by atoms with Crippen molar-refractivity contribution in [3.05, 3.63) is 35.9 Å². The molecule has 2 N–H and O–H groups in total. The molecule has 126 valence electrons. The van der Waals surface area contributed by atoms with Gasteiger partial charge in [0.05, 0.1) is 12.2 Å². The van der Waals surface area contributed by atoms with Gasteiger partial charge in [-0.1, -0.05) is 18.2 Å². The molecule has 0 aromatic heterocycles. The van der Waals surface area contributed by atoms with Gasteiger partial charge in [-0.3, -0.25) is 9.69 Å². The lowest BCUT2D eigenvalue weighted by atomic mass is 10.2. The summed E-state index contributed by atoms with van der Waals surface area (Å²) in [4.78, 5) is 47.1. The van der Waals surface area contributed by atoms with Crippen LogP contribution in [0.4, 0.5) is 4.79 Å². The quantitative estimate of drug-likeness (QED) is 0.622. The van der Waals surface area contributed by atoms with Crippen LogP contribution in [0.1, 0.15) is 17.3 Å². The van der Waals surface area contributed by atoms with E-state index in [1.54, 1.807) is 18.2 Å². The molecule has 2 amide bonds. The number of likely N-dealkylation sites (N-methyl/N-ethyl adjacent to an activating group) is 1. The van der Waals surface area contributed by atoms with E-state index in [2.05, 4.69) is 9.47 Å². The van der Waals surface area contributed by atoms with Crippen LogP contribution in [-0.4, -0.2) is 48.5 Å². The maximum Gasteiger partial charge on any atom is 0.418 e. The van der Waals surface area contributed by atoms with E-state index < -0.39 is 30.0 Å². The van der Waals surface area contributed by atoms with Crippen LogP contribution >= 0.6 is 12.4 Å². The number of primary amides is 1. The Labute approximate surface area is 138 Å². The second-order valence-corrected chi connectivity index (χ2v) is 4.19. The smallest absolute Gasteiger partial charge is 0.418 e. The highest BCUT2D eigenvalue weighted by atomic mass is 35.5. The molecular formula is C14H17ClN2O6. The van der Waals surface area contributed by atoms with Crippen LogP contribution in [0.15, 0.2) is 30.3 Å². The number of hydrogen-bond donors (Lipinski definition) is 1. The number of halogens is 1. The zero-order valence-electron chi connectivity index (χ0n) is 12.6. The summed E-state index contributed by atoms with van der Waals surface area (Å²) in [7, 11) is 1.10. The van der Waals surface area contributed by atoms with Crippen molar-refractivity contribution in [1.29, 1.82) is 0 Å². The van der Waals surface area contributed by atoms with Gasteiger partial charge >= 0.3 is 18.0 Å². The normalized spacial score (nSPS) is 10.7. The van der Waals surface area contributed by atoms with Crippen molar-refractivity contribution < 1.29 is 28.7 Å². The molecule has 23 heavy (non-hydrogen) atoms. The monoisotopic (exact) mass is 344 g/mol. The minimum Gasteiger partial charge on any atom is -0.464 e. The van der Waals surface area contributed by atoms with E-state index >= 15 is 0 Å². The standard InChI is InChI=1S/C14H16N2O6.ClH/c1-3-21-13(19)10(11(15)17)16(2)14(20)22-12(18)9-7-5-4-6-8-9;/h4-8,10H,3H2,1-2H3,(H2,15,17);1H. The third-order valence-electron chi connectivity index (χ3n) is 2.64. The highest BCUT2D eigenvalue weighted by Gasteiger charge is 2.35. The van der Waals surface area contributed by atoms with Crippen LogP contribution in [-0.2, 0) is 19.1 Å². The SMILES string of the molecule is CCOC(=O)C(C(N)=O)N(C)C(=O)OC(=O)c1ccccc1.Cl. The zero-order chi connectivity index (χ0) is 16.7. The van der Waals surface area contributed by atoms with E-state index in [1.807, 2.05) is 0 Å². The van der Waals surface area contributed by atoms with Gasteiger partial charge in [-0.25, -0.2) is 14.4 Å². The molecule has 0 bridgehead atoms. The first-order valence-electron chi connectivity index (χ1n) is 6.38. The fourth-order valence-electron chi connectivity index (χ4n) is 1.58. The number of ether oxygens (including phenoxy) is 2. The molecule has 9 heteroatoms. The van der Waals surface area contributed by atoms with E-state index in [1.165, 1.54) is 19.1 Å². The lowest BCUT2D eigenvalue weighted by molar-refractivity contribution is -0.151. The minimum atomic E-state index is -1.67. The molecule has 1 rings (SSSR count). The van der Waals surface area contributed by atoms with Crippen LogP contribution in [0.5, 0.6) is 0 Å². The summed E-state index contributed by atoms with van der Waals surface area (Å²) in [6.07, 6.45) is -1.19. The number of nitrogens with zero attached hydrogens (tertiary/aromatic N) is 1. The second kappa shape index (κ2) is 9.42. The minimum absolute atomic E-state index is 0. The molecule has 0 spiro atoms. The second-order valence-electron chi connectivity index (χ2n) is 4.19. The number of nitrogens with two attached hydrogens (primary N) is 1. The van der Waals surface area contributed by atoms with Gasteiger partial charge in [-0.2, -0.15) is 0 Å². The van der Waals surface area contributed by atoms with Crippen LogP contribution in [0.2, 0.25) is 0 Å². The van der Waals surface area contributed by atoms with Crippen LogP contribution in [0, 0.1) is 0 Å². The predicted molar refractivity (Wildman–Crippen MR) is 81.9 cm³/mol. The Balaban J connectivity index is 0.00000484. The Bertz CT molecular complexity index is 578. The van der Waals surface area contributed by atoms with E-state index in [-0.39, 0.29) is 24.6 Å². The molecule has 0 saturated carbocycles. The van der Waals surface area contributed by atoms with Gasteiger partial charge in [0.1, 0.15) is 0 Å². The van der Waals surface area contributed by atoms with Crippen molar-refractivity contribution in [1.82, 2.24) is 4.90 Å². The Morgan fingerprint density at radius 2 is 1.74 bits per heavy atom. The van der Waals surface area contributed by atoms with Gasteiger partial charge in [0.15, 0.2) is 0 Å². The topological polar surface area (TPSA) is 116 Å². The van der Waals surface area contributed by atoms with Gasteiger partial charge in [-0.05, 0) is 19.1 Å². The lowest BCUT2D eigenvalue weighted by Crippen LogP contribution is -2.51. The van der Waals surface area contributed by atoms with Crippen molar-refractivity contribution >= 4 is 36.3 Å². The van der Waals surface area contributed by atoms with Gasteiger partial charge < -0.3 is 15.2 Å². The van der Waals surface area contributed by atoms with Crippen molar-refractivity contribution in [3.63, 3.8) is 0 Å². The average Bonchev–Trinajstić information content (AvgIpc) is 2.48. The summed E-state index contributed by atoms with van der Waals surface area (Å²) in [6, 6.07) is 6.11. The van der Waals surface area contributed by atoms with Crippen molar-refractivity contribution in [3.8, 4) is 0 Å². The van der Waals surface area contributed by atoms with Gasteiger partial charge in [0.2, 0.25) is 6.04 Å². The van der Waals surface area contributed by atoms with Crippen molar-refractivity contribution in [2.24, 2.45) is 5.73 Å². The molecule has 0 aliphatic rings. The fourth-order valence-corrected chi connectivity index (χ4v) is 1.58. The highest BCUT2D eigenvalue weighted by molar-refractivity contribution is 6.04. The molecule has 0 radical (unpaired) electrons. The molecule has 1 aromatic rings. The molecule has 0 aliphatic carbocycles. The molecule has 1 atom stereocenters. The van der Waals surface area contributed by atoms with Crippen LogP contribution in [0.3, 0.4) is 0 Å². The Hall–Kier alpha value is -2.61. The first-order valence-corrected chi connectivity index (χ1v) is 6.38. The van der Waals surface area contributed by atoms with Gasteiger partial charge in [0, 0.05) is 7.05 Å². The Morgan fingerprint density at radius 1 is 1.17 bits per heavy atom.